The number of rotatable bonds is 7. The van der Waals surface area contributed by atoms with Crippen molar-refractivity contribution in [2.24, 2.45) is 4.99 Å². The highest BCUT2D eigenvalue weighted by Gasteiger charge is 2.18. The van der Waals surface area contributed by atoms with Gasteiger partial charge in [-0.25, -0.2) is 0 Å². The fourth-order valence-electron chi connectivity index (χ4n) is 3.64. The largest absolute Gasteiger partial charge is 0.376 e. The molecule has 0 bridgehead atoms. The fourth-order valence-corrected chi connectivity index (χ4v) is 3.64. The van der Waals surface area contributed by atoms with Gasteiger partial charge in [-0.15, -0.1) is 0 Å². The van der Waals surface area contributed by atoms with Crippen molar-refractivity contribution in [1.82, 2.24) is 20.4 Å². The molecule has 1 aliphatic heterocycles. The molecule has 0 unspecified atom stereocenters. The van der Waals surface area contributed by atoms with E-state index < -0.39 is 0 Å². The van der Waals surface area contributed by atoms with Crippen LogP contribution in [0, 0.1) is 0 Å². The zero-order valence-electron chi connectivity index (χ0n) is 16.6. The standard InChI is InChI=1S/C19H37N5O2/c1-17(25)24-14-12-23(13-15-24)11-9-21-19(20-2)22-10-16-26-18-7-5-3-4-6-8-18/h18H,3-16H2,1-2H3,(H2,20,21,22). The summed E-state index contributed by atoms with van der Waals surface area (Å²) in [6.07, 6.45) is 8.21. The van der Waals surface area contributed by atoms with E-state index in [2.05, 4.69) is 20.5 Å². The number of aliphatic imine (C=N–C) groups is 1. The molecule has 2 rings (SSSR count). The van der Waals surface area contributed by atoms with Crippen LogP contribution >= 0.6 is 0 Å². The molecule has 0 aromatic heterocycles. The van der Waals surface area contributed by atoms with Crippen LogP contribution in [0.15, 0.2) is 4.99 Å². The third-order valence-corrected chi connectivity index (χ3v) is 5.31. The molecule has 2 fully saturated rings. The van der Waals surface area contributed by atoms with E-state index >= 15 is 0 Å². The number of carbonyl (C=O) groups is 1. The van der Waals surface area contributed by atoms with Crippen molar-refractivity contribution < 1.29 is 9.53 Å². The molecular formula is C19H37N5O2. The second kappa shape index (κ2) is 12.1. The van der Waals surface area contributed by atoms with Gasteiger partial charge in [-0.3, -0.25) is 14.7 Å². The summed E-state index contributed by atoms with van der Waals surface area (Å²) < 4.78 is 6.00. The Bertz CT molecular complexity index is 428. The average molecular weight is 368 g/mol. The summed E-state index contributed by atoms with van der Waals surface area (Å²) in [7, 11) is 1.80. The molecule has 26 heavy (non-hydrogen) atoms. The smallest absolute Gasteiger partial charge is 0.219 e. The summed E-state index contributed by atoms with van der Waals surface area (Å²) >= 11 is 0. The van der Waals surface area contributed by atoms with Crippen LogP contribution in [0.25, 0.3) is 0 Å². The Morgan fingerprint density at radius 1 is 1.04 bits per heavy atom. The number of amides is 1. The zero-order valence-corrected chi connectivity index (χ0v) is 16.6. The van der Waals surface area contributed by atoms with Crippen molar-refractivity contribution in [3.05, 3.63) is 0 Å². The van der Waals surface area contributed by atoms with Gasteiger partial charge in [-0.2, -0.15) is 0 Å². The Morgan fingerprint density at radius 2 is 1.69 bits per heavy atom. The number of nitrogens with zero attached hydrogens (tertiary/aromatic N) is 3. The van der Waals surface area contributed by atoms with E-state index in [1.807, 2.05) is 4.90 Å². The van der Waals surface area contributed by atoms with Gasteiger partial charge in [0.25, 0.3) is 0 Å². The van der Waals surface area contributed by atoms with E-state index in [4.69, 9.17) is 4.74 Å². The second-order valence-electron chi connectivity index (χ2n) is 7.26. The van der Waals surface area contributed by atoms with Gasteiger partial charge in [0.2, 0.25) is 5.91 Å². The lowest BCUT2D eigenvalue weighted by molar-refractivity contribution is -0.130. The predicted octanol–water partition coefficient (Wildman–Crippen LogP) is 1.05. The number of guanidine groups is 1. The molecular weight excluding hydrogens is 330 g/mol. The summed E-state index contributed by atoms with van der Waals surface area (Å²) in [4.78, 5) is 19.9. The number of hydrogen-bond donors (Lipinski definition) is 2. The third kappa shape index (κ3) is 7.91. The van der Waals surface area contributed by atoms with Crippen LogP contribution < -0.4 is 10.6 Å². The van der Waals surface area contributed by atoms with E-state index in [0.717, 1.165) is 58.4 Å². The van der Waals surface area contributed by atoms with Gasteiger partial charge in [0.1, 0.15) is 0 Å². The van der Waals surface area contributed by atoms with Crippen molar-refractivity contribution in [3.63, 3.8) is 0 Å². The maximum Gasteiger partial charge on any atom is 0.219 e. The highest BCUT2D eigenvalue weighted by Crippen LogP contribution is 2.19. The second-order valence-corrected chi connectivity index (χ2v) is 7.26. The minimum Gasteiger partial charge on any atom is -0.376 e. The summed E-state index contributed by atoms with van der Waals surface area (Å²) in [5, 5.41) is 6.69. The van der Waals surface area contributed by atoms with E-state index in [1.54, 1.807) is 14.0 Å². The van der Waals surface area contributed by atoms with Gasteiger partial charge in [0, 0.05) is 59.8 Å². The highest BCUT2D eigenvalue weighted by atomic mass is 16.5. The van der Waals surface area contributed by atoms with Crippen molar-refractivity contribution in [2.45, 2.75) is 51.6 Å². The van der Waals surface area contributed by atoms with E-state index in [-0.39, 0.29) is 5.91 Å². The van der Waals surface area contributed by atoms with Gasteiger partial charge >= 0.3 is 0 Å². The van der Waals surface area contributed by atoms with Crippen molar-refractivity contribution in [2.75, 3.05) is 59.5 Å². The van der Waals surface area contributed by atoms with Gasteiger partial charge < -0.3 is 20.3 Å². The quantitative estimate of drug-likeness (QED) is 0.305. The Balaban J connectivity index is 1.52. The predicted molar refractivity (Wildman–Crippen MR) is 106 cm³/mol. The first-order valence-electron chi connectivity index (χ1n) is 10.2. The molecule has 150 valence electrons. The third-order valence-electron chi connectivity index (χ3n) is 5.31. The minimum atomic E-state index is 0.179. The number of piperazine rings is 1. The number of hydrogen-bond acceptors (Lipinski definition) is 4. The van der Waals surface area contributed by atoms with Crippen LogP contribution in [0.4, 0.5) is 0 Å². The van der Waals surface area contributed by atoms with Crippen molar-refractivity contribution in [1.29, 1.82) is 0 Å². The topological polar surface area (TPSA) is 69.2 Å². The zero-order chi connectivity index (χ0) is 18.6. The van der Waals surface area contributed by atoms with E-state index in [0.29, 0.717) is 6.10 Å². The lowest BCUT2D eigenvalue weighted by atomic mass is 10.1. The number of ether oxygens (including phenoxy) is 1. The van der Waals surface area contributed by atoms with E-state index in [9.17, 15) is 4.79 Å². The molecule has 7 heteroatoms. The van der Waals surface area contributed by atoms with Gasteiger partial charge in [-0.05, 0) is 12.8 Å². The fraction of sp³-hybridized carbons (Fsp3) is 0.895. The maximum absolute atomic E-state index is 11.4. The first-order chi connectivity index (χ1) is 12.7. The normalized spacial score (nSPS) is 20.7. The molecule has 0 atom stereocenters. The Morgan fingerprint density at radius 3 is 2.31 bits per heavy atom. The SMILES string of the molecule is CN=C(NCCOC1CCCCCC1)NCCN1CCN(C(C)=O)CC1. The van der Waals surface area contributed by atoms with Gasteiger partial charge in [0.15, 0.2) is 5.96 Å². The number of carbonyl (C=O) groups excluding carboxylic acids is 1. The molecule has 1 saturated heterocycles. The highest BCUT2D eigenvalue weighted by molar-refractivity contribution is 5.79. The average Bonchev–Trinajstić information content (AvgIpc) is 2.93. The van der Waals surface area contributed by atoms with Crippen LogP contribution in [-0.2, 0) is 9.53 Å². The monoisotopic (exact) mass is 367 g/mol. The minimum absolute atomic E-state index is 0.179. The van der Waals surface area contributed by atoms with Crippen LogP contribution in [-0.4, -0.2) is 87.2 Å². The molecule has 0 radical (unpaired) electrons. The molecule has 1 amide bonds. The summed E-state index contributed by atoms with van der Waals surface area (Å²) in [5.41, 5.74) is 0. The Hall–Kier alpha value is -1.34. The molecule has 0 aromatic carbocycles. The molecule has 1 saturated carbocycles. The van der Waals surface area contributed by atoms with Crippen molar-refractivity contribution >= 4 is 11.9 Å². The van der Waals surface area contributed by atoms with Crippen LogP contribution in [0.3, 0.4) is 0 Å². The molecule has 2 aliphatic rings. The Kier molecular flexibility index (Phi) is 9.77. The summed E-state index contributed by atoms with van der Waals surface area (Å²) in [6, 6.07) is 0. The molecule has 2 N–H and O–H groups in total. The van der Waals surface area contributed by atoms with Gasteiger partial charge in [-0.1, -0.05) is 25.7 Å². The lowest BCUT2D eigenvalue weighted by Gasteiger charge is -2.34. The van der Waals surface area contributed by atoms with Crippen LogP contribution in [0.2, 0.25) is 0 Å². The Labute approximate surface area is 158 Å². The summed E-state index contributed by atoms with van der Waals surface area (Å²) in [6.45, 7) is 8.54. The maximum atomic E-state index is 11.4. The molecule has 1 heterocycles. The van der Waals surface area contributed by atoms with E-state index in [1.165, 1.54) is 38.5 Å². The van der Waals surface area contributed by atoms with Crippen molar-refractivity contribution in [3.8, 4) is 0 Å². The first-order valence-corrected chi connectivity index (χ1v) is 10.2. The van der Waals surface area contributed by atoms with Gasteiger partial charge in [0.05, 0.1) is 12.7 Å². The lowest BCUT2D eigenvalue weighted by Crippen LogP contribution is -2.50. The summed E-state index contributed by atoms with van der Waals surface area (Å²) in [5.74, 6) is 1.01. The molecule has 0 spiro atoms. The van der Waals surface area contributed by atoms with Crippen LogP contribution in [0.1, 0.15) is 45.4 Å². The van der Waals surface area contributed by atoms with Crippen LogP contribution in [0.5, 0.6) is 0 Å². The molecule has 1 aliphatic carbocycles. The number of nitrogens with one attached hydrogen (secondary N) is 2. The first kappa shape index (κ1) is 21.0. The molecule has 0 aromatic rings. The molecule has 7 nitrogen and oxygen atoms in total.